The molecule has 0 atom stereocenters. The van der Waals surface area contributed by atoms with Crippen molar-refractivity contribution in [1.82, 2.24) is 14.5 Å². The van der Waals surface area contributed by atoms with Crippen LogP contribution in [-0.4, -0.2) is 19.6 Å². The molecule has 0 bridgehead atoms. The van der Waals surface area contributed by atoms with Gasteiger partial charge in [0, 0.05) is 30.1 Å². The summed E-state index contributed by atoms with van der Waals surface area (Å²) in [5.41, 5.74) is 3.79. The van der Waals surface area contributed by atoms with Gasteiger partial charge in [0.1, 0.15) is 5.75 Å². The smallest absolute Gasteiger partial charge is 0.125 e. The van der Waals surface area contributed by atoms with E-state index in [0.29, 0.717) is 0 Å². The maximum atomic E-state index is 9.86. The SMILES string of the molecule is Cc1c(Cc2nc(-c3ccccc3O)cs2)ncn1C. The largest absolute Gasteiger partial charge is 0.507 e. The number of para-hydroxylation sites is 1. The van der Waals surface area contributed by atoms with E-state index in [0.717, 1.165) is 34.1 Å². The zero-order valence-corrected chi connectivity index (χ0v) is 12.2. The second kappa shape index (κ2) is 5.09. The van der Waals surface area contributed by atoms with Crippen molar-refractivity contribution < 1.29 is 5.11 Å². The van der Waals surface area contributed by atoms with Gasteiger partial charge < -0.3 is 9.67 Å². The van der Waals surface area contributed by atoms with Crippen LogP contribution in [0.1, 0.15) is 16.4 Å². The first kappa shape index (κ1) is 12.9. The summed E-state index contributed by atoms with van der Waals surface area (Å²) in [7, 11) is 1.99. The summed E-state index contributed by atoms with van der Waals surface area (Å²) in [6, 6.07) is 7.26. The Balaban J connectivity index is 1.88. The number of imidazole rings is 1. The fraction of sp³-hybridized carbons (Fsp3) is 0.200. The van der Waals surface area contributed by atoms with Crippen molar-refractivity contribution in [1.29, 1.82) is 0 Å². The zero-order valence-electron chi connectivity index (χ0n) is 11.4. The zero-order chi connectivity index (χ0) is 14.1. The number of hydrogen-bond acceptors (Lipinski definition) is 4. The molecule has 0 fully saturated rings. The van der Waals surface area contributed by atoms with Crippen LogP contribution >= 0.6 is 11.3 Å². The molecule has 3 rings (SSSR count). The molecular weight excluding hydrogens is 270 g/mol. The molecule has 0 radical (unpaired) electrons. The maximum Gasteiger partial charge on any atom is 0.125 e. The van der Waals surface area contributed by atoms with Crippen LogP contribution in [0.4, 0.5) is 0 Å². The third-order valence-electron chi connectivity index (χ3n) is 3.38. The Kier molecular flexibility index (Phi) is 3.28. The fourth-order valence-corrected chi connectivity index (χ4v) is 2.86. The van der Waals surface area contributed by atoms with Crippen LogP contribution in [0, 0.1) is 6.92 Å². The van der Waals surface area contributed by atoms with Crippen molar-refractivity contribution in [3.8, 4) is 17.0 Å². The number of thiazole rings is 1. The van der Waals surface area contributed by atoms with E-state index in [-0.39, 0.29) is 5.75 Å². The van der Waals surface area contributed by atoms with Crippen molar-refractivity contribution in [3.63, 3.8) is 0 Å². The van der Waals surface area contributed by atoms with Crippen molar-refractivity contribution >= 4 is 11.3 Å². The summed E-state index contributed by atoms with van der Waals surface area (Å²) in [6.07, 6.45) is 2.55. The van der Waals surface area contributed by atoms with Crippen LogP contribution in [-0.2, 0) is 13.5 Å². The van der Waals surface area contributed by atoms with E-state index in [4.69, 9.17) is 0 Å². The molecule has 1 aromatic carbocycles. The standard InChI is InChI=1S/C15H15N3OS/c1-10-12(16-9-18(10)2)7-15-17-13(8-20-15)11-5-3-4-6-14(11)19/h3-6,8-9,19H,7H2,1-2H3. The lowest BCUT2D eigenvalue weighted by molar-refractivity contribution is 0.477. The number of aromatic hydroxyl groups is 1. The monoisotopic (exact) mass is 285 g/mol. The Bertz CT molecular complexity index is 745. The van der Waals surface area contributed by atoms with Crippen LogP contribution in [0.15, 0.2) is 36.0 Å². The summed E-state index contributed by atoms with van der Waals surface area (Å²) in [5, 5.41) is 12.8. The Labute approximate surface area is 121 Å². The molecule has 0 saturated carbocycles. The van der Waals surface area contributed by atoms with Gasteiger partial charge in [-0.25, -0.2) is 9.97 Å². The molecule has 20 heavy (non-hydrogen) atoms. The first-order chi connectivity index (χ1) is 9.65. The normalized spacial score (nSPS) is 10.9. The van der Waals surface area contributed by atoms with E-state index in [1.807, 2.05) is 41.5 Å². The lowest BCUT2D eigenvalue weighted by Gasteiger charge is -2.00. The topological polar surface area (TPSA) is 50.9 Å². The molecule has 0 saturated heterocycles. The van der Waals surface area contributed by atoms with Gasteiger partial charge in [-0.1, -0.05) is 12.1 Å². The summed E-state index contributed by atoms with van der Waals surface area (Å²) in [5.74, 6) is 0.262. The van der Waals surface area contributed by atoms with Gasteiger partial charge in [-0.2, -0.15) is 0 Å². The Hall–Kier alpha value is -2.14. The number of phenols is 1. The molecule has 0 spiro atoms. The van der Waals surface area contributed by atoms with Gasteiger partial charge in [0.05, 0.1) is 22.7 Å². The maximum absolute atomic E-state index is 9.86. The van der Waals surface area contributed by atoms with Gasteiger partial charge in [-0.05, 0) is 19.1 Å². The number of rotatable bonds is 3. The summed E-state index contributed by atoms with van der Waals surface area (Å²) >= 11 is 1.59. The van der Waals surface area contributed by atoms with E-state index in [2.05, 4.69) is 16.9 Å². The molecule has 0 amide bonds. The third-order valence-corrected chi connectivity index (χ3v) is 4.23. The van der Waals surface area contributed by atoms with Crippen LogP contribution in [0.2, 0.25) is 0 Å². The van der Waals surface area contributed by atoms with Crippen LogP contribution < -0.4 is 0 Å². The van der Waals surface area contributed by atoms with Crippen LogP contribution in [0.5, 0.6) is 5.75 Å². The van der Waals surface area contributed by atoms with Crippen molar-refractivity contribution in [2.75, 3.05) is 0 Å². The van der Waals surface area contributed by atoms with E-state index >= 15 is 0 Å². The molecule has 102 valence electrons. The predicted octanol–water partition coefficient (Wildman–Crippen LogP) is 3.15. The minimum atomic E-state index is 0.262. The van der Waals surface area contributed by atoms with Gasteiger partial charge in [0.2, 0.25) is 0 Å². The average molecular weight is 285 g/mol. The number of aryl methyl sites for hydroxylation is 1. The Morgan fingerprint density at radius 1 is 1.30 bits per heavy atom. The van der Waals surface area contributed by atoms with Gasteiger partial charge in [0.15, 0.2) is 0 Å². The number of nitrogens with zero attached hydrogens (tertiary/aromatic N) is 3. The van der Waals surface area contributed by atoms with Crippen LogP contribution in [0.25, 0.3) is 11.3 Å². The molecule has 2 heterocycles. The highest BCUT2D eigenvalue weighted by molar-refractivity contribution is 7.10. The molecule has 4 nitrogen and oxygen atoms in total. The minimum Gasteiger partial charge on any atom is -0.507 e. The molecule has 1 N–H and O–H groups in total. The van der Waals surface area contributed by atoms with Crippen molar-refractivity contribution in [2.45, 2.75) is 13.3 Å². The van der Waals surface area contributed by atoms with Crippen molar-refractivity contribution in [3.05, 3.63) is 52.4 Å². The Morgan fingerprint density at radius 2 is 2.10 bits per heavy atom. The van der Waals surface area contributed by atoms with Gasteiger partial charge in [0.25, 0.3) is 0 Å². The third kappa shape index (κ3) is 2.32. The van der Waals surface area contributed by atoms with E-state index in [1.165, 1.54) is 0 Å². The van der Waals surface area contributed by atoms with E-state index in [9.17, 15) is 5.11 Å². The van der Waals surface area contributed by atoms with Crippen LogP contribution in [0.3, 0.4) is 0 Å². The molecule has 2 aromatic heterocycles. The van der Waals surface area contributed by atoms with Gasteiger partial charge >= 0.3 is 0 Å². The van der Waals surface area contributed by atoms with E-state index < -0.39 is 0 Å². The first-order valence-electron chi connectivity index (χ1n) is 6.34. The second-order valence-electron chi connectivity index (χ2n) is 4.71. The average Bonchev–Trinajstić information content (AvgIpc) is 3.02. The minimum absolute atomic E-state index is 0.262. The molecule has 0 unspecified atom stereocenters. The quantitative estimate of drug-likeness (QED) is 0.804. The lowest BCUT2D eigenvalue weighted by atomic mass is 10.1. The highest BCUT2D eigenvalue weighted by Gasteiger charge is 2.11. The van der Waals surface area contributed by atoms with Crippen molar-refractivity contribution in [2.24, 2.45) is 7.05 Å². The summed E-state index contributed by atoms with van der Waals surface area (Å²) in [4.78, 5) is 8.99. The van der Waals surface area contributed by atoms with Gasteiger partial charge in [-0.15, -0.1) is 11.3 Å². The highest BCUT2D eigenvalue weighted by atomic mass is 32.1. The predicted molar refractivity (Wildman–Crippen MR) is 80.0 cm³/mol. The second-order valence-corrected chi connectivity index (χ2v) is 5.65. The number of aromatic nitrogens is 3. The molecule has 3 aromatic rings. The van der Waals surface area contributed by atoms with E-state index in [1.54, 1.807) is 17.4 Å². The molecule has 0 aliphatic heterocycles. The lowest BCUT2D eigenvalue weighted by Crippen LogP contribution is -1.94. The number of hydrogen-bond donors (Lipinski definition) is 1. The number of phenolic OH excluding ortho intramolecular Hbond substituents is 1. The fourth-order valence-electron chi connectivity index (χ4n) is 2.06. The summed E-state index contributed by atoms with van der Waals surface area (Å²) < 4.78 is 2.01. The number of benzene rings is 1. The Morgan fingerprint density at radius 3 is 2.80 bits per heavy atom. The van der Waals surface area contributed by atoms with Gasteiger partial charge in [-0.3, -0.25) is 0 Å². The molecular formula is C15H15N3OS. The molecule has 0 aliphatic carbocycles. The molecule has 0 aliphatic rings. The summed E-state index contributed by atoms with van der Waals surface area (Å²) in [6.45, 7) is 2.06. The first-order valence-corrected chi connectivity index (χ1v) is 7.22. The molecule has 5 heteroatoms. The highest BCUT2D eigenvalue weighted by Crippen LogP contribution is 2.30.